The summed E-state index contributed by atoms with van der Waals surface area (Å²) in [6.45, 7) is 0. The summed E-state index contributed by atoms with van der Waals surface area (Å²) in [5, 5.41) is 21.1. The van der Waals surface area contributed by atoms with Gasteiger partial charge < -0.3 is 15.2 Å². The van der Waals surface area contributed by atoms with E-state index in [9.17, 15) is 14.3 Å². The van der Waals surface area contributed by atoms with Crippen molar-refractivity contribution in [3.8, 4) is 17.0 Å². The van der Waals surface area contributed by atoms with Crippen molar-refractivity contribution in [2.45, 2.75) is 0 Å². The van der Waals surface area contributed by atoms with Crippen molar-refractivity contribution in [2.75, 3.05) is 12.4 Å². The van der Waals surface area contributed by atoms with Gasteiger partial charge in [0.25, 0.3) is 0 Å². The van der Waals surface area contributed by atoms with Crippen molar-refractivity contribution >= 4 is 17.5 Å². The summed E-state index contributed by atoms with van der Waals surface area (Å²) in [6.07, 6.45) is 0. The number of phenolic OH excluding ortho intramolecular Hbond substituents is 1. The number of aromatic hydroxyl groups is 1. The second-order valence-corrected chi connectivity index (χ2v) is 5.13. The first-order valence-corrected chi connectivity index (χ1v) is 7.35. The van der Waals surface area contributed by atoms with Gasteiger partial charge in [-0.1, -0.05) is 6.07 Å². The second kappa shape index (κ2) is 6.96. The van der Waals surface area contributed by atoms with Gasteiger partial charge >= 0.3 is 5.97 Å². The number of anilines is 2. The molecular formula is C18H14FN3O3. The van der Waals surface area contributed by atoms with Crippen molar-refractivity contribution in [2.24, 2.45) is 0 Å². The monoisotopic (exact) mass is 339 g/mol. The maximum Gasteiger partial charge on any atom is 0.341 e. The zero-order chi connectivity index (χ0) is 17.8. The summed E-state index contributed by atoms with van der Waals surface area (Å²) in [5.41, 5.74) is 1.66. The summed E-state index contributed by atoms with van der Waals surface area (Å²) in [4.78, 5) is 11.6. The Morgan fingerprint density at radius 3 is 2.48 bits per heavy atom. The number of rotatable bonds is 4. The molecule has 0 atom stereocenters. The smallest absolute Gasteiger partial charge is 0.341 e. The van der Waals surface area contributed by atoms with Gasteiger partial charge in [0.05, 0.1) is 18.5 Å². The van der Waals surface area contributed by atoms with Crippen LogP contribution in [0.4, 0.5) is 15.9 Å². The normalized spacial score (nSPS) is 10.3. The van der Waals surface area contributed by atoms with E-state index in [0.29, 0.717) is 17.2 Å². The SMILES string of the molecule is COC(=O)c1cccc(Nc2ccc(-c3ccc(F)cc3)nn2)c1O. The number of phenols is 1. The Morgan fingerprint density at radius 1 is 1.08 bits per heavy atom. The molecule has 0 aliphatic rings. The minimum Gasteiger partial charge on any atom is -0.505 e. The van der Waals surface area contributed by atoms with Gasteiger partial charge in [-0.3, -0.25) is 0 Å². The third-order valence-electron chi connectivity index (χ3n) is 3.51. The summed E-state index contributed by atoms with van der Waals surface area (Å²) >= 11 is 0. The number of carbonyl (C=O) groups is 1. The fourth-order valence-electron chi connectivity index (χ4n) is 2.23. The molecule has 0 aliphatic carbocycles. The van der Waals surface area contributed by atoms with Crippen LogP contribution in [-0.2, 0) is 4.74 Å². The first kappa shape index (κ1) is 16.4. The standard InChI is InChI=1S/C18H14FN3O3/c1-25-18(24)13-3-2-4-15(17(13)23)20-16-10-9-14(21-22-16)11-5-7-12(19)8-6-11/h2-10,23H,1H3,(H,20,22). The van der Waals surface area contributed by atoms with E-state index in [2.05, 4.69) is 20.3 Å². The van der Waals surface area contributed by atoms with E-state index in [1.54, 1.807) is 36.4 Å². The predicted molar refractivity (Wildman–Crippen MR) is 90.2 cm³/mol. The highest BCUT2D eigenvalue weighted by Gasteiger charge is 2.15. The molecular weight excluding hydrogens is 325 g/mol. The molecule has 0 amide bonds. The van der Waals surface area contributed by atoms with E-state index in [1.165, 1.54) is 25.3 Å². The van der Waals surface area contributed by atoms with Crippen LogP contribution >= 0.6 is 0 Å². The van der Waals surface area contributed by atoms with Crippen molar-refractivity contribution in [1.82, 2.24) is 10.2 Å². The number of hydrogen-bond donors (Lipinski definition) is 2. The van der Waals surface area contributed by atoms with Crippen molar-refractivity contribution in [3.05, 3.63) is 66.0 Å². The van der Waals surface area contributed by atoms with Gasteiger partial charge in [-0.25, -0.2) is 9.18 Å². The van der Waals surface area contributed by atoms with E-state index in [-0.39, 0.29) is 17.1 Å². The lowest BCUT2D eigenvalue weighted by atomic mass is 10.1. The fourth-order valence-corrected chi connectivity index (χ4v) is 2.23. The Kier molecular flexibility index (Phi) is 4.56. The number of benzene rings is 2. The number of nitrogens with one attached hydrogen (secondary N) is 1. The minimum absolute atomic E-state index is 0.0448. The molecule has 2 aromatic carbocycles. The van der Waals surface area contributed by atoms with Crippen LogP contribution < -0.4 is 5.32 Å². The molecule has 1 aromatic heterocycles. The van der Waals surface area contributed by atoms with Crippen molar-refractivity contribution in [3.63, 3.8) is 0 Å². The van der Waals surface area contributed by atoms with E-state index in [4.69, 9.17) is 0 Å². The molecule has 7 heteroatoms. The lowest BCUT2D eigenvalue weighted by Gasteiger charge is -2.10. The molecule has 0 radical (unpaired) electrons. The number of hydrogen-bond acceptors (Lipinski definition) is 6. The molecule has 0 aliphatic heterocycles. The van der Waals surface area contributed by atoms with Gasteiger partial charge in [0.2, 0.25) is 0 Å². The van der Waals surface area contributed by atoms with E-state index < -0.39 is 5.97 Å². The average Bonchev–Trinajstić information content (AvgIpc) is 2.64. The number of nitrogens with zero attached hydrogens (tertiary/aromatic N) is 2. The van der Waals surface area contributed by atoms with Gasteiger partial charge in [-0.05, 0) is 48.5 Å². The summed E-state index contributed by atoms with van der Waals surface area (Å²) in [7, 11) is 1.24. The maximum absolute atomic E-state index is 13.0. The number of para-hydroxylation sites is 1. The lowest BCUT2D eigenvalue weighted by molar-refractivity contribution is 0.0597. The number of carbonyl (C=O) groups excluding carboxylic acids is 1. The maximum atomic E-state index is 13.0. The molecule has 0 spiro atoms. The molecule has 3 aromatic rings. The third kappa shape index (κ3) is 3.55. The highest BCUT2D eigenvalue weighted by molar-refractivity contribution is 5.94. The van der Waals surface area contributed by atoms with Gasteiger partial charge in [-0.2, -0.15) is 0 Å². The first-order valence-electron chi connectivity index (χ1n) is 7.35. The molecule has 1 heterocycles. The Bertz CT molecular complexity index is 896. The summed E-state index contributed by atoms with van der Waals surface area (Å²) < 4.78 is 17.6. The Balaban J connectivity index is 1.82. The Hall–Kier alpha value is -3.48. The van der Waals surface area contributed by atoms with Crippen LogP contribution in [0.1, 0.15) is 10.4 Å². The first-order chi connectivity index (χ1) is 12.1. The molecule has 25 heavy (non-hydrogen) atoms. The molecule has 6 nitrogen and oxygen atoms in total. The van der Waals surface area contributed by atoms with Crippen LogP contribution in [0.5, 0.6) is 5.75 Å². The molecule has 0 saturated heterocycles. The minimum atomic E-state index is -0.640. The highest BCUT2D eigenvalue weighted by Crippen LogP contribution is 2.30. The van der Waals surface area contributed by atoms with Crippen molar-refractivity contribution < 1.29 is 19.0 Å². The zero-order valence-corrected chi connectivity index (χ0v) is 13.2. The van der Waals surface area contributed by atoms with Crippen LogP contribution in [-0.4, -0.2) is 28.4 Å². The highest BCUT2D eigenvalue weighted by atomic mass is 19.1. The molecule has 0 unspecified atom stereocenters. The molecule has 2 N–H and O–H groups in total. The van der Waals surface area contributed by atoms with Gasteiger partial charge in [-0.15, -0.1) is 10.2 Å². The van der Waals surface area contributed by atoms with Gasteiger partial charge in [0.1, 0.15) is 11.4 Å². The van der Waals surface area contributed by atoms with Crippen LogP contribution in [0.2, 0.25) is 0 Å². The van der Waals surface area contributed by atoms with Crippen LogP contribution in [0.15, 0.2) is 54.6 Å². The molecule has 0 saturated carbocycles. The second-order valence-electron chi connectivity index (χ2n) is 5.13. The number of aromatic nitrogens is 2. The number of methoxy groups -OCH3 is 1. The van der Waals surface area contributed by atoms with E-state index in [1.807, 2.05) is 0 Å². The Labute approximate surface area is 142 Å². The quantitative estimate of drug-likeness (QED) is 0.559. The molecule has 0 fully saturated rings. The topological polar surface area (TPSA) is 84.3 Å². The number of ether oxygens (including phenoxy) is 1. The molecule has 3 rings (SSSR count). The summed E-state index contributed by atoms with van der Waals surface area (Å²) in [6, 6.07) is 13.9. The summed E-state index contributed by atoms with van der Waals surface area (Å²) in [5.74, 6) is -0.822. The van der Waals surface area contributed by atoms with Crippen LogP contribution in [0, 0.1) is 5.82 Å². The predicted octanol–water partition coefficient (Wildman–Crippen LogP) is 3.52. The zero-order valence-electron chi connectivity index (χ0n) is 13.2. The number of esters is 1. The Morgan fingerprint density at radius 2 is 1.84 bits per heavy atom. The van der Waals surface area contributed by atoms with Crippen LogP contribution in [0.25, 0.3) is 11.3 Å². The molecule has 126 valence electrons. The van der Waals surface area contributed by atoms with Crippen molar-refractivity contribution in [1.29, 1.82) is 0 Å². The molecule has 0 bridgehead atoms. The van der Waals surface area contributed by atoms with Gasteiger partial charge in [0.15, 0.2) is 11.6 Å². The van der Waals surface area contributed by atoms with E-state index >= 15 is 0 Å². The van der Waals surface area contributed by atoms with E-state index in [0.717, 1.165) is 5.56 Å². The lowest BCUT2D eigenvalue weighted by Crippen LogP contribution is -2.03. The largest absolute Gasteiger partial charge is 0.505 e. The number of halogens is 1. The average molecular weight is 339 g/mol. The van der Waals surface area contributed by atoms with Gasteiger partial charge in [0, 0.05) is 5.56 Å². The fraction of sp³-hybridized carbons (Fsp3) is 0.0556. The van der Waals surface area contributed by atoms with Crippen LogP contribution in [0.3, 0.4) is 0 Å². The third-order valence-corrected chi connectivity index (χ3v) is 3.51.